The number of pyridine rings is 1. The van der Waals surface area contributed by atoms with Gasteiger partial charge in [-0.05, 0) is 48.4 Å². The first-order valence-electron chi connectivity index (χ1n) is 7.67. The normalized spacial score (nSPS) is 20.9. The highest BCUT2D eigenvalue weighted by Gasteiger charge is 2.27. The number of aromatic nitrogens is 1. The van der Waals surface area contributed by atoms with Crippen LogP contribution < -0.4 is 5.32 Å². The van der Waals surface area contributed by atoms with E-state index in [1.165, 1.54) is 41.6 Å². The van der Waals surface area contributed by atoms with Crippen LogP contribution in [0.4, 0.5) is 0 Å². The van der Waals surface area contributed by atoms with Crippen LogP contribution in [0.2, 0.25) is 0 Å². The van der Waals surface area contributed by atoms with Crippen LogP contribution in [0.1, 0.15) is 47.6 Å². The number of aryl methyl sites for hydroxylation is 1. The van der Waals surface area contributed by atoms with E-state index >= 15 is 0 Å². The molecule has 2 aliphatic carbocycles. The molecule has 1 unspecified atom stereocenters. The van der Waals surface area contributed by atoms with Crippen LogP contribution in [-0.4, -0.2) is 11.0 Å². The molecule has 0 aliphatic heterocycles. The van der Waals surface area contributed by atoms with Gasteiger partial charge in [0.05, 0.1) is 5.69 Å². The van der Waals surface area contributed by atoms with Crippen molar-refractivity contribution in [3.05, 3.63) is 65.0 Å². The summed E-state index contributed by atoms with van der Waals surface area (Å²) < 4.78 is 0. The van der Waals surface area contributed by atoms with Crippen molar-refractivity contribution in [3.63, 3.8) is 0 Å². The molecule has 102 valence electrons. The standard InChI is InChI=1S/C18H20N2/c1-2-6-16(14(4-1)12-20-15-8-9-15)17-10-7-13-5-3-11-19-18(13)17/h1-6,11,15,17,20H,7-10,12H2. The summed E-state index contributed by atoms with van der Waals surface area (Å²) in [6.45, 7) is 1.000. The number of rotatable bonds is 4. The minimum absolute atomic E-state index is 0.489. The first kappa shape index (κ1) is 12.1. The van der Waals surface area contributed by atoms with Gasteiger partial charge in [-0.15, -0.1) is 0 Å². The Hall–Kier alpha value is -1.67. The monoisotopic (exact) mass is 264 g/mol. The molecule has 2 aromatic rings. The maximum atomic E-state index is 4.65. The van der Waals surface area contributed by atoms with E-state index in [0.29, 0.717) is 5.92 Å². The van der Waals surface area contributed by atoms with Crippen LogP contribution in [0, 0.1) is 0 Å². The second kappa shape index (κ2) is 5.02. The van der Waals surface area contributed by atoms with E-state index in [9.17, 15) is 0 Å². The lowest BCUT2D eigenvalue weighted by Crippen LogP contribution is -2.17. The fraction of sp³-hybridized carbons (Fsp3) is 0.389. The van der Waals surface area contributed by atoms with E-state index < -0.39 is 0 Å². The lowest BCUT2D eigenvalue weighted by atomic mass is 9.92. The van der Waals surface area contributed by atoms with Gasteiger partial charge >= 0.3 is 0 Å². The first-order valence-corrected chi connectivity index (χ1v) is 7.67. The Morgan fingerprint density at radius 1 is 1.05 bits per heavy atom. The number of nitrogens with zero attached hydrogens (tertiary/aromatic N) is 1. The van der Waals surface area contributed by atoms with Crippen LogP contribution in [0.5, 0.6) is 0 Å². The van der Waals surface area contributed by atoms with Gasteiger partial charge in [0.2, 0.25) is 0 Å². The Bertz CT molecular complexity index is 616. The van der Waals surface area contributed by atoms with Crippen LogP contribution in [0.15, 0.2) is 42.6 Å². The maximum Gasteiger partial charge on any atom is 0.0510 e. The average molecular weight is 264 g/mol. The summed E-state index contributed by atoms with van der Waals surface area (Å²) in [5.41, 5.74) is 5.65. The highest BCUT2D eigenvalue weighted by atomic mass is 14.9. The zero-order valence-corrected chi connectivity index (χ0v) is 11.7. The third kappa shape index (κ3) is 2.25. The molecule has 0 spiro atoms. The summed E-state index contributed by atoms with van der Waals surface area (Å²) in [5.74, 6) is 0.489. The molecular formula is C18H20N2. The summed E-state index contributed by atoms with van der Waals surface area (Å²) in [4.78, 5) is 4.65. The topological polar surface area (TPSA) is 24.9 Å². The molecule has 1 fully saturated rings. The molecule has 4 rings (SSSR count). The summed E-state index contributed by atoms with van der Waals surface area (Å²) in [7, 11) is 0. The molecule has 0 saturated heterocycles. The minimum atomic E-state index is 0.489. The molecule has 2 nitrogen and oxygen atoms in total. The van der Waals surface area contributed by atoms with Gasteiger partial charge in [-0.25, -0.2) is 0 Å². The number of hydrogen-bond donors (Lipinski definition) is 1. The van der Waals surface area contributed by atoms with Crippen molar-refractivity contribution >= 4 is 0 Å². The van der Waals surface area contributed by atoms with Crippen molar-refractivity contribution in [2.45, 2.75) is 44.2 Å². The maximum absolute atomic E-state index is 4.65. The van der Waals surface area contributed by atoms with Gasteiger partial charge in [0, 0.05) is 24.7 Å². The molecule has 0 radical (unpaired) electrons. The van der Waals surface area contributed by atoms with Crippen molar-refractivity contribution in [3.8, 4) is 0 Å². The summed E-state index contributed by atoms with van der Waals surface area (Å²) >= 11 is 0. The highest BCUT2D eigenvalue weighted by molar-refractivity contribution is 5.41. The van der Waals surface area contributed by atoms with E-state index in [2.05, 4.69) is 46.7 Å². The van der Waals surface area contributed by atoms with Crippen molar-refractivity contribution in [2.24, 2.45) is 0 Å². The van der Waals surface area contributed by atoms with Crippen LogP contribution >= 0.6 is 0 Å². The SMILES string of the molecule is c1ccc(C2CCc3cccnc32)c(CNC2CC2)c1. The van der Waals surface area contributed by atoms with E-state index in [0.717, 1.165) is 19.0 Å². The second-order valence-corrected chi connectivity index (χ2v) is 5.99. The zero-order valence-electron chi connectivity index (χ0n) is 11.7. The summed E-state index contributed by atoms with van der Waals surface area (Å²) in [6.07, 6.45) is 6.99. The molecule has 1 aromatic heterocycles. The lowest BCUT2D eigenvalue weighted by Gasteiger charge is -2.16. The summed E-state index contributed by atoms with van der Waals surface area (Å²) in [5, 5.41) is 3.64. The van der Waals surface area contributed by atoms with Gasteiger partial charge in [-0.2, -0.15) is 0 Å². The van der Waals surface area contributed by atoms with Crippen LogP contribution in [0.3, 0.4) is 0 Å². The Labute approximate surface area is 120 Å². The van der Waals surface area contributed by atoms with Gasteiger partial charge in [0.25, 0.3) is 0 Å². The Morgan fingerprint density at radius 2 is 1.95 bits per heavy atom. The fourth-order valence-electron chi connectivity index (χ4n) is 3.29. The molecule has 1 aromatic carbocycles. The first-order chi connectivity index (χ1) is 9.92. The molecule has 1 N–H and O–H groups in total. The molecule has 2 aliphatic rings. The predicted molar refractivity (Wildman–Crippen MR) is 80.7 cm³/mol. The van der Waals surface area contributed by atoms with E-state index in [1.54, 1.807) is 0 Å². The number of fused-ring (bicyclic) bond motifs is 1. The van der Waals surface area contributed by atoms with E-state index in [4.69, 9.17) is 0 Å². The highest BCUT2D eigenvalue weighted by Crippen LogP contribution is 2.38. The summed E-state index contributed by atoms with van der Waals surface area (Å²) in [6, 6.07) is 13.9. The van der Waals surface area contributed by atoms with Gasteiger partial charge in [0.15, 0.2) is 0 Å². The van der Waals surface area contributed by atoms with Crippen molar-refractivity contribution in [2.75, 3.05) is 0 Å². The van der Waals surface area contributed by atoms with Crippen LogP contribution in [-0.2, 0) is 13.0 Å². The molecule has 2 heteroatoms. The largest absolute Gasteiger partial charge is 0.310 e. The number of hydrogen-bond acceptors (Lipinski definition) is 2. The quantitative estimate of drug-likeness (QED) is 0.915. The van der Waals surface area contributed by atoms with Crippen LogP contribution in [0.25, 0.3) is 0 Å². The smallest absolute Gasteiger partial charge is 0.0510 e. The van der Waals surface area contributed by atoms with Gasteiger partial charge in [-0.1, -0.05) is 30.3 Å². The van der Waals surface area contributed by atoms with Gasteiger partial charge in [-0.3, -0.25) is 4.98 Å². The fourth-order valence-corrected chi connectivity index (χ4v) is 3.29. The number of benzene rings is 1. The van der Waals surface area contributed by atoms with E-state index in [-0.39, 0.29) is 0 Å². The van der Waals surface area contributed by atoms with Crippen molar-refractivity contribution < 1.29 is 0 Å². The minimum Gasteiger partial charge on any atom is -0.310 e. The molecule has 20 heavy (non-hydrogen) atoms. The average Bonchev–Trinajstić information content (AvgIpc) is 3.23. The van der Waals surface area contributed by atoms with Crippen molar-refractivity contribution in [1.82, 2.24) is 10.3 Å². The third-order valence-corrected chi connectivity index (χ3v) is 4.55. The molecule has 1 atom stereocenters. The molecular weight excluding hydrogens is 244 g/mol. The Morgan fingerprint density at radius 3 is 2.85 bits per heavy atom. The molecule has 0 amide bonds. The van der Waals surface area contributed by atoms with E-state index in [1.807, 2.05) is 6.20 Å². The van der Waals surface area contributed by atoms with Gasteiger partial charge in [0.1, 0.15) is 0 Å². The van der Waals surface area contributed by atoms with Gasteiger partial charge < -0.3 is 5.32 Å². The Balaban J connectivity index is 1.65. The third-order valence-electron chi connectivity index (χ3n) is 4.55. The second-order valence-electron chi connectivity index (χ2n) is 5.99. The predicted octanol–water partition coefficient (Wildman–Crippen LogP) is 3.41. The molecule has 0 bridgehead atoms. The zero-order chi connectivity index (χ0) is 13.4. The van der Waals surface area contributed by atoms with Crippen molar-refractivity contribution in [1.29, 1.82) is 0 Å². The lowest BCUT2D eigenvalue weighted by molar-refractivity contribution is 0.671. The Kier molecular flexibility index (Phi) is 3.04. The number of nitrogens with one attached hydrogen (secondary N) is 1. The molecule has 1 heterocycles. The molecule has 1 saturated carbocycles.